The Morgan fingerprint density at radius 1 is 0.700 bits per heavy atom. The smallest absolute Gasteiger partial charge is 0.236 e. The molecule has 1 saturated heterocycles. The highest BCUT2D eigenvalue weighted by atomic mass is 16.2. The van der Waals surface area contributed by atoms with E-state index in [2.05, 4.69) is 28.9 Å². The van der Waals surface area contributed by atoms with Crippen molar-refractivity contribution in [1.29, 1.82) is 0 Å². The van der Waals surface area contributed by atoms with E-state index in [4.69, 9.17) is 0 Å². The van der Waals surface area contributed by atoms with Gasteiger partial charge in [0.15, 0.2) is 0 Å². The van der Waals surface area contributed by atoms with Gasteiger partial charge in [-0.25, -0.2) is 0 Å². The van der Waals surface area contributed by atoms with Crippen molar-refractivity contribution in [3.05, 3.63) is 107 Å². The average molecular weight is 392 g/mol. The van der Waals surface area contributed by atoms with Crippen molar-refractivity contribution >= 4 is 23.6 Å². The number of nitrogens with one attached hydrogen (secondary N) is 2. The molecule has 2 heterocycles. The molecule has 3 aromatic carbocycles. The van der Waals surface area contributed by atoms with Crippen LogP contribution < -0.4 is 10.6 Å². The predicted molar refractivity (Wildman–Crippen MR) is 116 cm³/mol. The number of anilines is 1. The number of hydrogen-bond donors (Lipinski definition) is 2. The van der Waals surface area contributed by atoms with Gasteiger partial charge in [0.25, 0.3) is 0 Å². The van der Waals surface area contributed by atoms with Gasteiger partial charge in [-0.1, -0.05) is 84.9 Å². The Kier molecular flexibility index (Phi) is 3.69. The van der Waals surface area contributed by atoms with Crippen LogP contribution in [0, 0.1) is 5.92 Å². The largest absolute Gasteiger partial charge is 0.348 e. The summed E-state index contributed by atoms with van der Waals surface area (Å²) in [6.07, 6.45) is 4.21. The Labute approximate surface area is 174 Å². The lowest BCUT2D eigenvalue weighted by Gasteiger charge is -2.27. The van der Waals surface area contributed by atoms with E-state index in [0.717, 1.165) is 33.5 Å². The molecule has 4 heteroatoms. The molecular formula is C26H20N2O2. The van der Waals surface area contributed by atoms with E-state index >= 15 is 0 Å². The number of amides is 2. The summed E-state index contributed by atoms with van der Waals surface area (Å²) in [6.45, 7) is 0. The van der Waals surface area contributed by atoms with Crippen LogP contribution in [0.3, 0.4) is 0 Å². The standard InChI is InChI=1S/C26H20N2O2/c29-25-21(15-7-3-1-4-8-15)19-13-11-18-17(23(19)27-25)12-14-20-22(26(30)28-24(18)20)16-9-5-2-6-10-16/h1-14,19,21-23H,(H,27,29)(H,28,30). The highest BCUT2D eigenvalue weighted by molar-refractivity contribution is 6.07. The molecule has 4 unspecified atom stereocenters. The summed E-state index contributed by atoms with van der Waals surface area (Å²) in [4.78, 5) is 25.7. The van der Waals surface area contributed by atoms with Crippen molar-refractivity contribution < 1.29 is 9.59 Å². The Bertz CT molecular complexity index is 1200. The van der Waals surface area contributed by atoms with Crippen LogP contribution in [-0.4, -0.2) is 11.8 Å². The van der Waals surface area contributed by atoms with Crippen molar-refractivity contribution in [3.8, 4) is 0 Å². The highest BCUT2D eigenvalue weighted by Gasteiger charge is 2.45. The molecule has 4 nitrogen and oxygen atoms in total. The summed E-state index contributed by atoms with van der Waals surface area (Å²) in [5, 5.41) is 6.31. The Balaban J connectivity index is 1.43. The van der Waals surface area contributed by atoms with E-state index in [1.807, 2.05) is 66.7 Å². The molecule has 0 saturated carbocycles. The van der Waals surface area contributed by atoms with Crippen molar-refractivity contribution in [1.82, 2.24) is 5.32 Å². The molecule has 1 aliphatic carbocycles. The summed E-state index contributed by atoms with van der Waals surface area (Å²) in [5.41, 5.74) is 5.98. The van der Waals surface area contributed by atoms with Crippen LogP contribution in [-0.2, 0) is 9.59 Å². The first-order valence-corrected chi connectivity index (χ1v) is 10.3. The summed E-state index contributed by atoms with van der Waals surface area (Å²) in [6, 6.07) is 23.9. The normalized spacial score (nSPS) is 25.9. The van der Waals surface area contributed by atoms with E-state index in [-0.39, 0.29) is 35.6 Å². The first kappa shape index (κ1) is 17.2. The predicted octanol–water partition coefficient (Wildman–Crippen LogP) is 4.37. The van der Waals surface area contributed by atoms with E-state index in [1.165, 1.54) is 0 Å². The second kappa shape index (κ2) is 6.42. The molecule has 4 atom stereocenters. The quantitative estimate of drug-likeness (QED) is 0.680. The molecule has 1 fully saturated rings. The molecule has 30 heavy (non-hydrogen) atoms. The average Bonchev–Trinajstić information content (AvgIpc) is 3.30. The van der Waals surface area contributed by atoms with Gasteiger partial charge in [-0.15, -0.1) is 0 Å². The number of carbonyl (C=O) groups excluding carboxylic acids is 2. The van der Waals surface area contributed by atoms with Gasteiger partial charge in [0.1, 0.15) is 0 Å². The van der Waals surface area contributed by atoms with E-state index in [0.29, 0.717) is 0 Å². The highest BCUT2D eigenvalue weighted by Crippen LogP contribution is 2.49. The number of fused-ring (bicyclic) bond motifs is 5. The van der Waals surface area contributed by atoms with Crippen molar-refractivity contribution in [3.63, 3.8) is 0 Å². The molecule has 0 radical (unpaired) electrons. The summed E-state index contributed by atoms with van der Waals surface area (Å²) in [5.74, 6) is -0.376. The van der Waals surface area contributed by atoms with Gasteiger partial charge in [-0.3, -0.25) is 9.59 Å². The zero-order valence-corrected chi connectivity index (χ0v) is 16.2. The molecule has 2 N–H and O–H groups in total. The maximum atomic E-state index is 12.9. The van der Waals surface area contributed by atoms with Gasteiger partial charge >= 0.3 is 0 Å². The first-order chi connectivity index (χ1) is 14.7. The van der Waals surface area contributed by atoms with Gasteiger partial charge in [-0.05, 0) is 22.3 Å². The molecule has 0 bridgehead atoms. The fourth-order valence-corrected chi connectivity index (χ4v) is 5.25. The third-order valence-electron chi connectivity index (χ3n) is 6.59. The maximum Gasteiger partial charge on any atom is 0.236 e. The lowest BCUT2D eigenvalue weighted by Crippen LogP contribution is -2.23. The van der Waals surface area contributed by atoms with Crippen LogP contribution in [0.4, 0.5) is 5.69 Å². The molecule has 3 aromatic rings. The summed E-state index contributed by atoms with van der Waals surface area (Å²) in [7, 11) is 0. The van der Waals surface area contributed by atoms with Crippen LogP contribution in [0.25, 0.3) is 6.08 Å². The fraction of sp³-hybridized carbons (Fsp3) is 0.154. The second-order valence-electron chi connectivity index (χ2n) is 8.18. The summed E-state index contributed by atoms with van der Waals surface area (Å²) < 4.78 is 0. The minimum atomic E-state index is -0.298. The van der Waals surface area contributed by atoms with Crippen molar-refractivity contribution in [2.24, 2.45) is 5.92 Å². The maximum absolute atomic E-state index is 12.9. The van der Waals surface area contributed by atoms with Crippen LogP contribution in [0.5, 0.6) is 0 Å². The number of rotatable bonds is 2. The van der Waals surface area contributed by atoms with Crippen LogP contribution >= 0.6 is 0 Å². The topological polar surface area (TPSA) is 58.2 Å². The molecular weight excluding hydrogens is 372 g/mol. The first-order valence-electron chi connectivity index (χ1n) is 10.3. The van der Waals surface area contributed by atoms with Crippen LogP contribution in [0.2, 0.25) is 0 Å². The molecule has 146 valence electrons. The second-order valence-corrected chi connectivity index (χ2v) is 8.18. The summed E-state index contributed by atoms with van der Waals surface area (Å²) >= 11 is 0. The third-order valence-corrected chi connectivity index (χ3v) is 6.59. The van der Waals surface area contributed by atoms with Gasteiger partial charge in [0, 0.05) is 11.5 Å². The SMILES string of the molecule is O=C1Nc2c(ccc3c2C=CC2C3NC(=O)C2c2ccccc2)C1c1ccccc1. The molecule has 0 spiro atoms. The molecule has 0 aromatic heterocycles. The molecule has 2 amide bonds. The van der Waals surface area contributed by atoms with Crippen molar-refractivity contribution in [2.45, 2.75) is 17.9 Å². The Hall–Kier alpha value is -3.66. The van der Waals surface area contributed by atoms with Gasteiger partial charge in [0.05, 0.1) is 23.6 Å². The van der Waals surface area contributed by atoms with E-state index < -0.39 is 0 Å². The van der Waals surface area contributed by atoms with E-state index in [1.54, 1.807) is 0 Å². The zero-order valence-electron chi connectivity index (χ0n) is 16.2. The van der Waals surface area contributed by atoms with Gasteiger partial charge in [-0.2, -0.15) is 0 Å². The van der Waals surface area contributed by atoms with Crippen LogP contribution in [0.15, 0.2) is 78.9 Å². The van der Waals surface area contributed by atoms with Gasteiger partial charge < -0.3 is 10.6 Å². The molecule has 6 rings (SSSR count). The zero-order chi connectivity index (χ0) is 20.2. The lowest BCUT2D eigenvalue weighted by molar-refractivity contribution is -0.120. The lowest BCUT2D eigenvalue weighted by atomic mass is 9.77. The molecule has 2 aliphatic heterocycles. The van der Waals surface area contributed by atoms with E-state index in [9.17, 15) is 9.59 Å². The minimum absolute atomic E-state index is 0.00209. The van der Waals surface area contributed by atoms with Crippen molar-refractivity contribution in [2.75, 3.05) is 5.32 Å². The number of hydrogen-bond acceptors (Lipinski definition) is 2. The Morgan fingerprint density at radius 2 is 1.37 bits per heavy atom. The van der Waals surface area contributed by atoms with Gasteiger partial charge in [0.2, 0.25) is 11.8 Å². The number of carbonyl (C=O) groups is 2. The fourth-order valence-electron chi connectivity index (χ4n) is 5.25. The van der Waals surface area contributed by atoms with Crippen LogP contribution in [0.1, 0.15) is 45.7 Å². The molecule has 3 aliphatic rings. The third kappa shape index (κ3) is 2.40. The minimum Gasteiger partial charge on any atom is -0.348 e. The number of benzene rings is 3. The monoisotopic (exact) mass is 392 g/mol. The Morgan fingerprint density at radius 3 is 2.10 bits per heavy atom.